The summed E-state index contributed by atoms with van der Waals surface area (Å²) in [6.45, 7) is 10.2. The van der Waals surface area contributed by atoms with E-state index in [4.69, 9.17) is 4.74 Å². The second kappa shape index (κ2) is 8.70. The monoisotopic (exact) mass is 386 g/mol. The van der Waals surface area contributed by atoms with Crippen molar-refractivity contribution in [1.29, 1.82) is 0 Å². The van der Waals surface area contributed by atoms with Crippen LogP contribution in [0.1, 0.15) is 32.4 Å². The number of urea groups is 1. The number of morpholine rings is 1. The van der Waals surface area contributed by atoms with E-state index in [-0.39, 0.29) is 17.6 Å². The number of carbonyl (C=O) groups excluding carboxylic acids is 1. The van der Waals surface area contributed by atoms with Crippen LogP contribution in [0.3, 0.4) is 0 Å². The van der Waals surface area contributed by atoms with E-state index < -0.39 is 0 Å². The van der Waals surface area contributed by atoms with Gasteiger partial charge in [0.05, 0.1) is 24.9 Å². The van der Waals surface area contributed by atoms with Gasteiger partial charge in [0, 0.05) is 32.2 Å². The minimum atomic E-state index is -0.108. The van der Waals surface area contributed by atoms with Crippen LogP contribution in [0.4, 0.5) is 4.79 Å². The number of hydrogen-bond acceptors (Lipinski definition) is 5. The smallest absolute Gasteiger partial charge is 0.317 e. The van der Waals surface area contributed by atoms with Crippen molar-refractivity contribution in [2.24, 2.45) is 0 Å². The summed E-state index contributed by atoms with van der Waals surface area (Å²) in [6.07, 6.45) is 3.17. The van der Waals surface area contributed by atoms with Crippen LogP contribution in [0.5, 0.6) is 0 Å². The minimum absolute atomic E-state index is 0.0451. The Bertz CT molecular complexity index is 754. The van der Waals surface area contributed by atoms with Crippen LogP contribution in [0, 0.1) is 0 Å². The van der Waals surface area contributed by atoms with E-state index in [2.05, 4.69) is 34.1 Å². The molecule has 0 radical (unpaired) electrons. The van der Waals surface area contributed by atoms with Gasteiger partial charge in [-0.2, -0.15) is 5.10 Å². The summed E-state index contributed by atoms with van der Waals surface area (Å²) in [6, 6.07) is 7.87. The molecule has 1 saturated heterocycles. The molecule has 0 bridgehead atoms. The van der Waals surface area contributed by atoms with Gasteiger partial charge >= 0.3 is 6.03 Å². The van der Waals surface area contributed by atoms with Gasteiger partial charge < -0.3 is 15.0 Å². The van der Waals surface area contributed by atoms with Gasteiger partial charge in [-0.05, 0) is 38.5 Å². The van der Waals surface area contributed by atoms with Crippen LogP contribution >= 0.6 is 0 Å². The van der Waals surface area contributed by atoms with E-state index in [0.29, 0.717) is 6.54 Å². The molecule has 3 rings (SSSR count). The zero-order valence-corrected chi connectivity index (χ0v) is 17.1. The second-order valence-corrected chi connectivity index (χ2v) is 7.79. The molecule has 0 unspecified atom stereocenters. The largest absolute Gasteiger partial charge is 0.379 e. The summed E-state index contributed by atoms with van der Waals surface area (Å²) in [7, 11) is 1.83. The van der Waals surface area contributed by atoms with E-state index in [1.807, 2.05) is 38.2 Å². The predicted molar refractivity (Wildman–Crippen MR) is 107 cm³/mol. The van der Waals surface area contributed by atoms with Gasteiger partial charge in [0.2, 0.25) is 0 Å². The average molecular weight is 387 g/mol. The number of carbonyl (C=O) groups is 1. The third-order valence-electron chi connectivity index (χ3n) is 5.50. The Hall–Kier alpha value is -2.45. The molecule has 1 fully saturated rings. The Morgan fingerprint density at radius 1 is 1.29 bits per heavy atom. The first-order chi connectivity index (χ1) is 13.4. The van der Waals surface area contributed by atoms with Crippen molar-refractivity contribution in [3.63, 3.8) is 0 Å². The quantitative estimate of drug-likeness (QED) is 0.823. The number of benzene rings is 1. The number of nitrogens with one attached hydrogen (secondary N) is 1. The van der Waals surface area contributed by atoms with Crippen molar-refractivity contribution >= 4 is 6.03 Å². The zero-order chi connectivity index (χ0) is 20.1. The lowest BCUT2D eigenvalue weighted by Crippen LogP contribution is -2.56. The van der Waals surface area contributed by atoms with E-state index >= 15 is 0 Å². The van der Waals surface area contributed by atoms with E-state index in [1.165, 1.54) is 6.33 Å². The summed E-state index contributed by atoms with van der Waals surface area (Å²) in [5.41, 5.74) is 1.89. The van der Waals surface area contributed by atoms with Crippen molar-refractivity contribution in [1.82, 2.24) is 29.9 Å². The van der Waals surface area contributed by atoms with Gasteiger partial charge in [-0.1, -0.05) is 12.1 Å². The first-order valence-corrected chi connectivity index (χ1v) is 9.67. The van der Waals surface area contributed by atoms with Crippen molar-refractivity contribution in [3.05, 3.63) is 42.5 Å². The maximum Gasteiger partial charge on any atom is 0.317 e. The summed E-state index contributed by atoms with van der Waals surface area (Å²) in [5.74, 6) is 0. The number of hydrogen-bond donors (Lipinski definition) is 1. The van der Waals surface area contributed by atoms with Crippen LogP contribution < -0.4 is 5.32 Å². The summed E-state index contributed by atoms with van der Waals surface area (Å²) in [5, 5.41) is 7.22. The highest BCUT2D eigenvalue weighted by molar-refractivity contribution is 5.74. The Kier molecular flexibility index (Phi) is 6.31. The molecule has 2 amide bonds. The van der Waals surface area contributed by atoms with E-state index in [0.717, 1.165) is 37.6 Å². The fourth-order valence-electron chi connectivity index (χ4n) is 3.34. The van der Waals surface area contributed by atoms with E-state index in [9.17, 15) is 4.79 Å². The second-order valence-electron chi connectivity index (χ2n) is 7.79. The minimum Gasteiger partial charge on any atom is -0.379 e. The van der Waals surface area contributed by atoms with Gasteiger partial charge in [-0.25, -0.2) is 14.5 Å². The summed E-state index contributed by atoms with van der Waals surface area (Å²) >= 11 is 0. The molecular formula is C20H30N6O2. The third kappa shape index (κ3) is 4.69. The molecule has 152 valence electrons. The molecule has 0 aliphatic carbocycles. The van der Waals surface area contributed by atoms with Crippen molar-refractivity contribution in [2.75, 3.05) is 39.9 Å². The molecule has 0 saturated carbocycles. The van der Waals surface area contributed by atoms with Gasteiger partial charge in [0.25, 0.3) is 0 Å². The molecule has 28 heavy (non-hydrogen) atoms. The molecule has 2 aromatic rings. The molecule has 0 spiro atoms. The Balaban J connectivity index is 1.56. The lowest BCUT2D eigenvalue weighted by molar-refractivity contribution is -0.00906. The number of aromatic nitrogens is 3. The molecule has 2 heterocycles. The molecule has 1 aromatic carbocycles. The fraction of sp³-hybridized carbons (Fsp3) is 0.550. The normalized spacial score (nSPS) is 16.6. The molecule has 8 heteroatoms. The summed E-state index contributed by atoms with van der Waals surface area (Å²) < 4.78 is 7.13. The highest BCUT2D eigenvalue weighted by Gasteiger charge is 2.29. The SMILES string of the molecule is C[C@H](c1ccc(-n2cncn2)cc1)N(C)C(=O)NCC(C)(C)N1CCOCC1. The van der Waals surface area contributed by atoms with Crippen LogP contribution in [0.25, 0.3) is 5.69 Å². The molecule has 1 aliphatic heterocycles. The fourth-order valence-corrected chi connectivity index (χ4v) is 3.34. The molecular weight excluding hydrogens is 356 g/mol. The lowest BCUT2D eigenvalue weighted by atomic mass is 10.0. The predicted octanol–water partition coefficient (Wildman–Crippen LogP) is 2.08. The summed E-state index contributed by atoms with van der Waals surface area (Å²) in [4.78, 5) is 20.8. The zero-order valence-electron chi connectivity index (χ0n) is 17.1. The van der Waals surface area contributed by atoms with Crippen LogP contribution in [-0.2, 0) is 4.74 Å². The number of rotatable bonds is 6. The van der Waals surface area contributed by atoms with Gasteiger partial charge in [0.15, 0.2) is 0 Å². The third-order valence-corrected chi connectivity index (χ3v) is 5.50. The highest BCUT2D eigenvalue weighted by atomic mass is 16.5. The van der Waals surface area contributed by atoms with E-state index in [1.54, 1.807) is 15.9 Å². The van der Waals surface area contributed by atoms with Crippen molar-refractivity contribution in [3.8, 4) is 5.69 Å². The molecule has 1 aromatic heterocycles. The maximum atomic E-state index is 12.7. The van der Waals surface area contributed by atoms with Gasteiger partial charge in [-0.3, -0.25) is 4.90 Å². The van der Waals surface area contributed by atoms with Gasteiger partial charge in [-0.15, -0.1) is 0 Å². The Morgan fingerprint density at radius 2 is 1.96 bits per heavy atom. The average Bonchev–Trinajstić information content (AvgIpc) is 3.26. The molecule has 8 nitrogen and oxygen atoms in total. The first-order valence-electron chi connectivity index (χ1n) is 9.67. The van der Waals surface area contributed by atoms with Crippen LogP contribution in [0.2, 0.25) is 0 Å². The topological polar surface area (TPSA) is 75.5 Å². The molecule has 1 atom stereocenters. The van der Waals surface area contributed by atoms with Crippen molar-refractivity contribution in [2.45, 2.75) is 32.4 Å². The maximum absolute atomic E-state index is 12.7. The first kappa shape index (κ1) is 20.3. The Morgan fingerprint density at radius 3 is 2.57 bits per heavy atom. The number of ether oxygens (including phenoxy) is 1. The van der Waals surface area contributed by atoms with Crippen molar-refractivity contribution < 1.29 is 9.53 Å². The van der Waals surface area contributed by atoms with Crippen LogP contribution in [-0.4, -0.2) is 76.0 Å². The number of amides is 2. The highest BCUT2D eigenvalue weighted by Crippen LogP contribution is 2.21. The lowest BCUT2D eigenvalue weighted by Gasteiger charge is -2.41. The van der Waals surface area contributed by atoms with Gasteiger partial charge in [0.1, 0.15) is 12.7 Å². The molecule has 1 N–H and O–H groups in total. The Labute approximate surface area is 166 Å². The standard InChI is InChI=1S/C20H30N6O2/c1-16(17-5-7-18(8-6-17)26-15-21-14-23-26)24(4)19(27)22-13-20(2,3)25-9-11-28-12-10-25/h5-8,14-16H,9-13H2,1-4H3,(H,22,27)/t16-/m1/s1. The number of nitrogens with zero attached hydrogens (tertiary/aromatic N) is 5. The molecule has 1 aliphatic rings. The van der Waals surface area contributed by atoms with Crippen LogP contribution in [0.15, 0.2) is 36.9 Å².